The van der Waals surface area contributed by atoms with E-state index in [0.717, 1.165) is 5.56 Å². The first-order valence-electron chi connectivity index (χ1n) is 6.85. The van der Waals surface area contributed by atoms with Crippen LogP contribution in [0.4, 0.5) is 0 Å². The van der Waals surface area contributed by atoms with Gasteiger partial charge in [0.2, 0.25) is 0 Å². The third-order valence-corrected chi connectivity index (χ3v) is 3.75. The molecule has 0 amide bonds. The van der Waals surface area contributed by atoms with Crippen LogP contribution in [0, 0.1) is 6.92 Å². The number of fused-ring (bicyclic) bond motifs is 1. The van der Waals surface area contributed by atoms with Crippen molar-refractivity contribution in [2.45, 2.75) is 13.5 Å². The highest BCUT2D eigenvalue weighted by molar-refractivity contribution is 6.32. The number of hydrogen-bond acceptors (Lipinski definition) is 5. The predicted molar refractivity (Wildman–Crippen MR) is 85.6 cm³/mol. The second-order valence-electron chi connectivity index (χ2n) is 4.98. The molecular formula is C17H12ClNO4. The van der Waals surface area contributed by atoms with E-state index in [1.165, 1.54) is 12.3 Å². The van der Waals surface area contributed by atoms with Crippen molar-refractivity contribution < 1.29 is 13.9 Å². The number of rotatable bonds is 3. The van der Waals surface area contributed by atoms with Gasteiger partial charge >= 0.3 is 11.6 Å². The van der Waals surface area contributed by atoms with E-state index in [1.807, 2.05) is 6.92 Å². The molecule has 0 saturated carbocycles. The first kappa shape index (κ1) is 15.2. The minimum atomic E-state index is -0.565. The number of esters is 1. The highest BCUT2D eigenvalue weighted by atomic mass is 35.5. The Balaban J connectivity index is 1.92. The van der Waals surface area contributed by atoms with E-state index in [9.17, 15) is 9.59 Å². The zero-order chi connectivity index (χ0) is 16.4. The fourth-order valence-electron chi connectivity index (χ4n) is 2.17. The van der Waals surface area contributed by atoms with Gasteiger partial charge in [-0.05, 0) is 36.8 Å². The van der Waals surface area contributed by atoms with Crippen LogP contribution >= 0.6 is 11.6 Å². The molecule has 116 valence electrons. The van der Waals surface area contributed by atoms with Crippen molar-refractivity contribution in [3.05, 3.63) is 74.9 Å². The number of benzene rings is 1. The lowest BCUT2D eigenvalue weighted by Crippen LogP contribution is -2.09. The number of pyridine rings is 1. The Morgan fingerprint density at radius 1 is 1.30 bits per heavy atom. The van der Waals surface area contributed by atoms with Crippen LogP contribution in [0.1, 0.15) is 21.6 Å². The van der Waals surface area contributed by atoms with Gasteiger partial charge in [-0.1, -0.05) is 17.7 Å². The third kappa shape index (κ3) is 3.24. The first-order valence-corrected chi connectivity index (χ1v) is 7.23. The van der Waals surface area contributed by atoms with Gasteiger partial charge in [-0.2, -0.15) is 0 Å². The summed E-state index contributed by atoms with van der Waals surface area (Å²) >= 11 is 6.12. The molecule has 0 atom stereocenters. The molecule has 0 unspecified atom stereocenters. The second kappa shape index (κ2) is 6.22. The predicted octanol–water partition coefficient (Wildman–Crippen LogP) is 3.51. The lowest BCUT2D eigenvalue weighted by atomic mass is 10.1. The molecular weight excluding hydrogens is 318 g/mol. The van der Waals surface area contributed by atoms with Crippen LogP contribution in [0.2, 0.25) is 5.02 Å². The molecule has 0 fully saturated rings. The number of carbonyl (C=O) groups is 1. The largest absolute Gasteiger partial charge is 0.456 e. The van der Waals surface area contributed by atoms with Gasteiger partial charge < -0.3 is 9.15 Å². The Labute approximate surface area is 136 Å². The molecule has 2 aromatic heterocycles. The maximum atomic E-state index is 11.9. The van der Waals surface area contributed by atoms with E-state index >= 15 is 0 Å². The third-order valence-electron chi connectivity index (χ3n) is 3.34. The summed E-state index contributed by atoms with van der Waals surface area (Å²) in [7, 11) is 0. The number of aromatic nitrogens is 1. The first-order chi connectivity index (χ1) is 11.0. The van der Waals surface area contributed by atoms with Crippen molar-refractivity contribution in [2.24, 2.45) is 0 Å². The summed E-state index contributed by atoms with van der Waals surface area (Å²) in [6.45, 7) is 1.74. The quantitative estimate of drug-likeness (QED) is 0.543. The molecule has 0 saturated heterocycles. The van der Waals surface area contributed by atoms with E-state index in [-0.39, 0.29) is 12.3 Å². The maximum Gasteiger partial charge on any atom is 0.357 e. The summed E-state index contributed by atoms with van der Waals surface area (Å²) in [6.07, 6.45) is 1.51. The summed E-state index contributed by atoms with van der Waals surface area (Å²) in [4.78, 5) is 27.5. The highest BCUT2D eigenvalue weighted by Crippen LogP contribution is 2.25. The molecule has 6 heteroatoms. The number of nitrogens with zero attached hydrogens (tertiary/aromatic N) is 1. The number of ether oxygens (including phenoxy) is 1. The molecule has 5 nitrogen and oxygen atoms in total. The zero-order valence-corrected chi connectivity index (χ0v) is 13.0. The van der Waals surface area contributed by atoms with E-state index in [1.54, 1.807) is 30.3 Å². The Morgan fingerprint density at radius 3 is 2.87 bits per heavy atom. The molecule has 0 aliphatic carbocycles. The molecule has 0 bridgehead atoms. The average Bonchev–Trinajstić information content (AvgIpc) is 2.55. The fraction of sp³-hybridized carbons (Fsp3) is 0.118. The van der Waals surface area contributed by atoms with Crippen LogP contribution in [0.5, 0.6) is 0 Å². The molecule has 0 radical (unpaired) electrons. The van der Waals surface area contributed by atoms with Crippen LogP contribution in [0.3, 0.4) is 0 Å². The minimum absolute atomic E-state index is 0.0725. The van der Waals surface area contributed by atoms with Gasteiger partial charge in [0, 0.05) is 28.2 Å². The van der Waals surface area contributed by atoms with Crippen molar-refractivity contribution >= 4 is 28.5 Å². The molecule has 0 spiro atoms. The molecule has 3 aromatic rings. The molecule has 23 heavy (non-hydrogen) atoms. The van der Waals surface area contributed by atoms with Crippen LogP contribution in [0.25, 0.3) is 11.0 Å². The van der Waals surface area contributed by atoms with Gasteiger partial charge in [-0.3, -0.25) is 0 Å². The molecule has 0 aliphatic heterocycles. The topological polar surface area (TPSA) is 69.4 Å². The summed E-state index contributed by atoms with van der Waals surface area (Å²) < 4.78 is 10.4. The molecule has 1 aromatic carbocycles. The van der Waals surface area contributed by atoms with Crippen LogP contribution in [0.15, 0.2) is 51.8 Å². The fourth-order valence-corrected chi connectivity index (χ4v) is 2.33. The zero-order valence-electron chi connectivity index (χ0n) is 12.2. The Morgan fingerprint density at radius 2 is 2.13 bits per heavy atom. The Hall–Kier alpha value is -2.66. The van der Waals surface area contributed by atoms with Gasteiger partial charge in [-0.15, -0.1) is 0 Å². The van der Waals surface area contributed by atoms with Crippen molar-refractivity contribution in [1.82, 2.24) is 4.98 Å². The summed E-state index contributed by atoms with van der Waals surface area (Å²) in [5.74, 6) is -0.565. The van der Waals surface area contributed by atoms with Crippen molar-refractivity contribution in [3.8, 4) is 0 Å². The lowest BCUT2D eigenvalue weighted by molar-refractivity contribution is 0.0467. The second-order valence-corrected chi connectivity index (χ2v) is 5.39. The van der Waals surface area contributed by atoms with E-state index in [2.05, 4.69) is 4.98 Å². The SMILES string of the molecule is Cc1cc2oc(=O)cc(COC(=O)c3ccccn3)c2cc1Cl. The summed E-state index contributed by atoms with van der Waals surface area (Å²) in [6, 6.07) is 9.62. The molecule has 3 rings (SSSR count). The normalized spacial score (nSPS) is 10.7. The molecule has 2 heterocycles. The number of halogens is 1. The highest BCUT2D eigenvalue weighted by Gasteiger charge is 2.12. The number of aryl methyl sites for hydroxylation is 1. The van der Waals surface area contributed by atoms with E-state index < -0.39 is 11.6 Å². The van der Waals surface area contributed by atoms with E-state index in [4.69, 9.17) is 20.8 Å². The van der Waals surface area contributed by atoms with Crippen molar-refractivity contribution in [2.75, 3.05) is 0 Å². The Bertz CT molecular complexity index is 934. The standard InChI is InChI=1S/C17H12ClNO4/c1-10-6-15-12(8-13(10)18)11(7-16(20)23-15)9-22-17(21)14-4-2-3-5-19-14/h2-8H,9H2,1H3. The smallest absolute Gasteiger partial charge is 0.357 e. The van der Waals surface area contributed by atoms with E-state index in [0.29, 0.717) is 21.6 Å². The van der Waals surface area contributed by atoms with Crippen LogP contribution < -0.4 is 5.63 Å². The maximum absolute atomic E-state index is 11.9. The van der Waals surface area contributed by atoms with Gasteiger partial charge in [0.1, 0.15) is 17.9 Å². The average molecular weight is 330 g/mol. The van der Waals surface area contributed by atoms with Crippen molar-refractivity contribution in [1.29, 1.82) is 0 Å². The van der Waals surface area contributed by atoms with Gasteiger partial charge in [0.25, 0.3) is 0 Å². The van der Waals surface area contributed by atoms with Gasteiger partial charge in [0.15, 0.2) is 0 Å². The monoisotopic (exact) mass is 329 g/mol. The van der Waals surface area contributed by atoms with Crippen molar-refractivity contribution in [3.63, 3.8) is 0 Å². The summed E-state index contributed by atoms with van der Waals surface area (Å²) in [5.41, 5.74) is 1.42. The van der Waals surface area contributed by atoms with Gasteiger partial charge in [0.05, 0.1) is 0 Å². The molecule has 0 N–H and O–H groups in total. The number of hydrogen-bond donors (Lipinski definition) is 0. The molecule has 0 aliphatic rings. The number of carbonyl (C=O) groups excluding carboxylic acids is 1. The van der Waals surface area contributed by atoms with Crippen LogP contribution in [-0.4, -0.2) is 11.0 Å². The van der Waals surface area contributed by atoms with Crippen LogP contribution in [-0.2, 0) is 11.3 Å². The lowest BCUT2D eigenvalue weighted by Gasteiger charge is -2.08. The minimum Gasteiger partial charge on any atom is -0.456 e. The van der Waals surface area contributed by atoms with Gasteiger partial charge in [-0.25, -0.2) is 14.6 Å². The Kier molecular flexibility index (Phi) is 4.12. The summed E-state index contributed by atoms with van der Waals surface area (Å²) in [5, 5.41) is 1.18.